The molecule has 6 atom stereocenters. The summed E-state index contributed by atoms with van der Waals surface area (Å²) in [7, 11) is 0. The van der Waals surface area contributed by atoms with Crippen LogP contribution in [0.4, 0.5) is 5.69 Å². The average molecular weight is 406 g/mol. The topological polar surface area (TPSA) is 98.7 Å². The summed E-state index contributed by atoms with van der Waals surface area (Å²) >= 11 is 6.22. The van der Waals surface area contributed by atoms with Crippen LogP contribution in [0, 0.1) is 18.8 Å². The highest BCUT2D eigenvalue weighted by Gasteiger charge is 2.71. The molecule has 150 valence electrons. The van der Waals surface area contributed by atoms with Crippen LogP contribution in [0.15, 0.2) is 12.1 Å². The fourth-order valence-corrected chi connectivity index (χ4v) is 5.13. The zero-order valence-electron chi connectivity index (χ0n) is 16.2. The lowest BCUT2D eigenvalue weighted by atomic mass is 9.76. The van der Waals surface area contributed by atoms with E-state index in [0.29, 0.717) is 28.3 Å². The number of nitrogens with one attached hydrogen (secondary N) is 2. The summed E-state index contributed by atoms with van der Waals surface area (Å²) in [5.41, 5.74) is 0.479. The van der Waals surface area contributed by atoms with Gasteiger partial charge in [-0.1, -0.05) is 24.6 Å². The first-order valence-corrected chi connectivity index (χ1v) is 9.98. The Bertz CT molecular complexity index is 902. The van der Waals surface area contributed by atoms with Crippen molar-refractivity contribution in [3.63, 3.8) is 0 Å². The Labute approximate surface area is 168 Å². The summed E-state index contributed by atoms with van der Waals surface area (Å²) < 4.78 is 0. The summed E-state index contributed by atoms with van der Waals surface area (Å²) in [5, 5.41) is 16.9. The number of benzene rings is 1. The third kappa shape index (κ3) is 2.21. The summed E-state index contributed by atoms with van der Waals surface area (Å²) in [4.78, 5) is 41.1. The number of aliphatic hydroxyl groups excluding tert-OH is 1. The third-order valence-electron chi connectivity index (χ3n) is 6.60. The van der Waals surface area contributed by atoms with E-state index >= 15 is 0 Å². The zero-order valence-corrected chi connectivity index (χ0v) is 17.0. The van der Waals surface area contributed by atoms with Crippen molar-refractivity contribution in [3.05, 3.63) is 28.3 Å². The van der Waals surface area contributed by atoms with Gasteiger partial charge in [0.2, 0.25) is 17.7 Å². The monoisotopic (exact) mass is 405 g/mol. The molecule has 2 saturated heterocycles. The summed E-state index contributed by atoms with van der Waals surface area (Å²) in [6.07, 6.45) is -0.292. The van der Waals surface area contributed by atoms with Crippen molar-refractivity contribution in [3.8, 4) is 0 Å². The molecule has 0 unspecified atom stereocenters. The number of rotatable bonds is 3. The maximum atomic E-state index is 13.4. The molecular formula is C20H24ClN3O4. The zero-order chi connectivity index (χ0) is 20.5. The number of amides is 3. The molecule has 1 spiro atoms. The Kier molecular flexibility index (Phi) is 4.34. The molecular weight excluding hydrogens is 382 g/mol. The van der Waals surface area contributed by atoms with Gasteiger partial charge in [0.25, 0.3) is 0 Å². The number of anilines is 1. The van der Waals surface area contributed by atoms with Crippen molar-refractivity contribution >= 4 is 35.0 Å². The number of imide groups is 1. The largest absolute Gasteiger partial charge is 0.392 e. The number of nitrogens with zero attached hydrogens (tertiary/aromatic N) is 1. The second-order valence-corrected chi connectivity index (χ2v) is 8.48. The van der Waals surface area contributed by atoms with Crippen LogP contribution in [-0.2, 0) is 19.9 Å². The summed E-state index contributed by atoms with van der Waals surface area (Å²) in [6, 6.07) is 2.44. The minimum Gasteiger partial charge on any atom is -0.392 e. The second-order valence-electron chi connectivity index (χ2n) is 8.08. The first-order chi connectivity index (χ1) is 13.2. The van der Waals surface area contributed by atoms with Crippen LogP contribution in [0.25, 0.3) is 0 Å². The molecule has 3 N–H and O–H groups in total. The quantitative estimate of drug-likeness (QED) is 0.663. The van der Waals surface area contributed by atoms with Gasteiger partial charge in [0, 0.05) is 22.7 Å². The number of aliphatic hydroxyl groups is 1. The molecule has 3 aliphatic rings. The van der Waals surface area contributed by atoms with Crippen LogP contribution in [-0.4, -0.2) is 45.9 Å². The molecule has 3 amide bonds. The van der Waals surface area contributed by atoms with E-state index in [-0.39, 0.29) is 17.9 Å². The Morgan fingerprint density at radius 2 is 1.93 bits per heavy atom. The highest BCUT2D eigenvalue weighted by molar-refractivity contribution is 6.32. The van der Waals surface area contributed by atoms with Crippen LogP contribution >= 0.6 is 11.6 Å². The number of carbonyl (C=O) groups excluding carboxylic acids is 3. The number of carbonyl (C=O) groups is 3. The van der Waals surface area contributed by atoms with Gasteiger partial charge >= 0.3 is 0 Å². The maximum absolute atomic E-state index is 13.4. The molecule has 0 bridgehead atoms. The normalized spacial score (nSPS) is 33.3. The molecule has 0 saturated carbocycles. The van der Waals surface area contributed by atoms with Crippen LogP contribution < -0.4 is 10.6 Å². The lowest BCUT2D eigenvalue weighted by molar-refractivity contribution is -0.145. The summed E-state index contributed by atoms with van der Waals surface area (Å²) in [5.74, 6) is -2.79. The van der Waals surface area contributed by atoms with Gasteiger partial charge < -0.3 is 10.4 Å². The lowest BCUT2D eigenvalue weighted by Crippen LogP contribution is -2.55. The smallest absolute Gasteiger partial charge is 0.250 e. The van der Waals surface area contributed by atoms with Crippen LogP contribution in [0.5, 0.6) is 0 Å². The van der Waals surface area contributed by atoms with Gasteiger partial charge in [0.15, 0.2) is 0 Å². The van der Waals surface area contributed by atoms with E-state index in [1.165, 1.54) is 4.90 Å². The first-order valence-electron chi connectivity index (χ1n) is 9.60. The SMILES string of the molecule is CC[C@H](C)N1C(=O)[C@@H]2[C@H]([C@H](C)O)N[C@]3(C(=O)Nc4c3ccc(Cl)c4C)[C@H]2C1=O. The molecule has 0 radical (unpaired) electrons. The number of likely N-dealkylation sites (tertiary alicyclic amines) is 1. The van der Waals surface area contributed by atoms with Gasteiger partial charge in [0.1, 0.15) is 5.54 Å². The Morgan fingerprint density at radius 3 is 2.54 bits per heavy atom. The highest BCUT2D eigenvalue weighted by Crippen LogP contribution is 2.54. The van der Waals surface area contributed by atoms with Crippen molar-refractivity contribution < 1.29 is 19.5 Å². The van der Waals surface area contributed by atoms with Crippen molar-refractivity contribution in [2.45, 2.75) is 57.8 Å². The predicted molar refractivity (Wildman–Crippen MR) is 104 cm³/mol. The number of hydrogen-bond acceptors (Lipinski definition) is 5. The van der Waals surface area contributed by atoms with Gasteiger partial charge in [-0.3, -0.25) is 24.6 Å². The Balaban J connectivity index is 1.93. The van der Waals surface area contributed by atoms with Crippen molar-refractivity contribution in [2.75, 3.05) is 5.32 Å². The van der Waals surface area contributed by atoms with Gasteiger partial charge in [-0.15, -0.1) is 0 Å². The molecule has 7 nitrogen and oxygen atoms in total. The van der Waals surface area contributed by atoms with E-state index in [9.17, 15) is 19.5 Å². The van der Waals surface area contributed by atoms with Gasteiger partial charge in [0.05, 0.1) is 23.6 Å². The van der Waals surface area contributed by atoms with E-state index in [1.54, 1.807) is 26.0 Å². The maximum Gasteiger partial charge on any atom is 0.250 e. The van der Waals surface area contributed by atoms with E-state index in [1.807, 2.05) is 13.8 Å². The number of halogens is 1. The molecule has 0 aliphatic carbocycles. The van der Waals surface area contributed by atoms with Crippen molar-refractivity contribution in [1.82, 2.24) is 10.2 Å². The Hall–Kier alpha value is -1.96. The minimum absolute atomic E-state index is 0.270. The number of fused-ring (bicyclic) bond motifs is 4. The minimum atomic E-state index is -1.40. The molecule has 2 fully saturated rings. The van der Waals surface area contributed by atoms with E-state index in [2.05, 4.69) is 10.6 Å². The molecule has 3 aliphatic heterocycles. The molecule has 8 heteroatoms. The van der Waals surface area contributed by atoms with Crippen molar-refractivity contribution in [2.24, 2.45) is 11.8 Å². The third-order valence-corrected chi connectivity index (χ3v) is 7.01. The van der Waals surface area contributed by atoms with E-state index < -0.39 is 35.4 Å². The van der Waals surface area contributed by atoms with Crippen molar-refractivity contribution in [1.29, 1.82) is 0 Å². The lowest BCUT2D eigenvalue weighted by Gasteiger charge is -2.31. The molecule has 1 aromatic carbocycles. The standard InChI is InChI=1S/C20H24ClN3O4/c1-5-8(2)24-17(26)13-14(18(24)27)20(23-16(13)10(4)25)11-6-7-12(21)9(3)15(11)22-19(20)28/h6-8,10,13-14,16,23,25H,5H2,1-4H3,(H,22,28)/t8-,10-,13-,14+,16-,20-/m0/s1. The molecule has 1 aromatic rings. The van der Waals surface area contributed by atoms with Gasteiger partial charge in [-0.05, 0) is 38.8 Å². The van der Waals surface area contributed by atoms with Crippen LogP contribution in [0.2, 0.25) is 5.02 Å². The average Bonchev–Trinajstić information content (AvgIpc) is 3.24. The van der Waals surface area contributed by atoms with Gasteiger partial charge in [-0.25, -0.2) is 0 Å². The first kappa shape index (κ1) is 19.4. The van der Waals surface area contributed by atoms with Crippen LogP contribution in [0.1, 0.15) is 38.3 Å². The van der Waals surface area contributed by atoms with E-state index in [0.717, 1.165) is 0 Å². The molecule has 3 heterocycles. The molecule has 4 rings (SSSR count). The predicted octanol–water partition coefficient (Wildman–Crippen LogP) is 1.55. The molecule has 0 aromatic heterocycles. The fraction of sp³-hybridized carbons (Fsp3) is 0.550. The summed E-state index contributed by atoms with van der Waals surface area (Å²) in [6.45, 7) is 7.09. The Morgan fingerprint density at radius 1 is 1.25 bits per heavy atom. The molecule has 28 heavy (non-hydrogen) atoms. The van der Waals surface area contributed by atoms with E-state index in [4.69, 9.17) is 11.6 Å². The van der Waals surface area contributed by atoms with Crippen LogP contribution in [0.3, 0.4) is 0 Å². The number of hydrogen-bond donors (Lipinski definition) is 3. The second kappa shape index (κ2) is 6.27. The van der Waals surface area contributed by atoms with Gasteiger partial charge in [-0.2, -0.15) is 0 Å². The highest BCUT2D eigenvalue weighted by atomic mass is 35.5. The fourth-order valence-electron chi connectivity index (χ4n) is 4.97.